The Bertz CT molecular complexity index is 927. The molecule has 148 valence electrons. The van der Waals surface area contributed by atoms with E-state index in [1.165, 1.54) is 0 Å². The molecule has 0 amide bonds. The van der Waals surface area contributed by atoms with E-state index in [2.05, 4.69) is 9.98 Å². The van der Waals surface area contributed by atoms with Crippen LogP contribution in [0.25, 0.3) is 0 Å². The molecule has 0 aliphatic carbocycles. The summed E-state index contributed by atoms with van der Waals surface area (Å²) in [5, 5.41) is 10.2. The van der Waals surface area contributed by atoms with E-state index in [1.807, 2.05) is 25.1 Å². The van der Waals surface area contributed by atoms with E-state index in [9.17, 15) is 9.90 Å². The van der Waals surface area contributed by atoms with Gasteiger partial charge in [0, 0.05) is 18.5 Å². The first-order valence-electron chi connectivity index (χ1n) is 9.03. The zero-order valence-electron chi connectivity index (χ0n) is 16.2. The summed E-state index contributed by atoms with van der Waals surface area (Å²) < 4.78 is 10.5. The molecule has 0 fully saturated rings. The predicted molar refractivity (Wildman–Crippen MR) is 107 cm³/mol. The molecule has 1 aromatic carbocycles. The number of fused-ring (bicyclic) bond motifs is 1. The largest absolute Gasteiger partial charge is 0.495 e. The number of ketones is 1. The number of benzene rings is 1. The second kappa shape index (κ2) is 8.71. The first kappa shape index (κ1) is 20.3. The molecular weight excluding hydrogens is 380 g/mol. The lowest BCUT2D eigenvalue weighted by atomic mass is 9.93. The van der Waals surface area contributed by atoms with E-state index >= 15 is 0 Å². The van der Waals surface area contributed by atoms with Crippen molar-refractivity contribution >= 4 is 23.3 Å². The monoisotopic (exact) mass is 402 g/mol. The molecule has 1 aliphatic heterocycles. The van der Waals surface area contributed by atoms with Crippen LogP contribution in [0.5, 0.6) is 5.75 Å². The van der Waals surface area contributed by atoms with Crippen LogP contribution in [0.2, 0.25) is 5.02 Å². The van der Waals surface area contributed by atoms with Gasteiger partial charge in [-0.1, -0.05) is 24.6 Å². The van der Waals surface area contributed by atoms with Crippen molar-refractivity contribution in [3.05, 3.63) is 57.4 Å². The van der Waals surface area contributed by atoms with Gasteiger partial charge in [-0.2, -0.15) is 0 Å². The topological polar surface area (TPSA) is 81.0 Å². The third-order valence-corrected chi connectivity index (χ3v) is 5.15. The maximum atomic E-state index is 12.6. The first-order chi connectivity index (χ1) is 13.5. The Kier molecular flexibility index (Phi) is 6.31. The summed E-state index contributed by atoms with van der Waals surface area (Å²) in [5.41, 5.74) is 3.79. The summed E-state index contributed by atoms with van der Waals surface area (Å²) in [5.74, 6) is 1.17. The number of halogens is 1. The van der Waals surface area contributed by atoms with Crippen molar-refractivity contribution in [2.75, 3.05) is 14.2 Å². The van der Waals surface area contributed by atoms with Crippen LogP contribution in [0.1, 0.15) is 47.3 Å². The number of Topliss-reactive ketones (excluding diaryl/α,β-unsaturated/α-hetero) is 1. The van der Waals surface area contributed by atoms with Crippen LogP contribution >= 0.6 is 11.6 Å². The van der Waals surface area contributed by atoms with Gasteiger partial charge >= 0.3 is 0 Å². The zero-order valence-corrected chi connectivity index (χ0v) is 16.9. The van der Waals surface area contributed by atoms with Crippen LogP contribution in [0, 0.1) is 0 Å². The molecule has 0 bridgehead atoms. The summed E-state index contributed by atoms with van der Waals surface area (Å²) in [7, 11) is 3.11. The van der Waals surface area contributed by atoms with Gasteiger partial charge in [-0.15, -0.1) is 0 Å². The van der Waals surface area contributed by atoms with Gasteiger partial charge in [0.1, 0.15) is 11.5 Å². The van der Waals surface area contributed by atoms with Gasteiger partial charge in [-0.3, -0.25) is 9.78 Å². The fourth-order valence-electron chi connectivity index (χ4n) is 3.43. The highest BCUT2D eigenvalue weighted by Gasteiger charge is 2.23. The molecule has 0 spiro atoms. The first-order valence-corrected chi connectivity index (χ1v) is 9.41. The maximum Gasteiger partial charge on any atom is 0.218 e. The molecule has 0 radical (unpaired) electrons. The Morgan fingerprint density at radius 2 is 2.07 bits per heavy atom. The van der Waals surface area contributed by atoms with Crippen molar-refractivity contribution in [1.29, 1.82) is 0 Å². The molecule has 1 aromatic heterocycles. The molecule has 0 saturated heterocycles. The van der Waals surface area contributed by atoms with E-state index in [0.717, 1.165) is 16.7 Å². The van der Waals surface area contributed by atoms with E-state index in [4.69, 9.17) is 21.1 Å². The highest BCUT2D eigenvalue weighted by molar-refractivity contribution is 6.32. The second-order valence-corrected chi connectivity index (χ2v) is 7.20. The summed E-state index contributed by atoms with van der Waals surface area (Å²) in [6.07, 6.45) is 0.579. The molecule has 0 unspecified atom stereocenters. The Balaban J connectivity index is 1.72. The van der Waals surface area contributed by atoms with Crippen LogP contribution in [-0.2, 0) is 29.1 Å². The van der Waals surface area contributed by atoms with Gasteiger partial charge in [-0.05, 0) is 35.2 Å². The average molecular weight is 403 g/mol. The molecular formula is C21H23ClN2O4. The fraction of sp³-hybridized carbons (Fsp3) is 0.381. The number of hydrogen-bond donors (Lipinski definition) is 1. The lowest BCUT2D eigenvalue weighted by Crippen LogP contribution is -2.13. The van der Waals surface area contributed by atoms with E-state index in [-0.39, 0.29) is 24.7 Å². The molecule has 6 nitrogen and oxygen atoms in total. The van der Waals surface area contributed by atoms with E-state index in [0.29, 0.717) is 41.0 Å². The number of pyridine rings is 1. The quantitative estimate of drug-likeness (QED) is 0.767. The van der Waals surface area contributed by atoms with Crippen molar-refractivity contribution in [2.24, 2.45) is 4.99 Å². The number of aromatic nitrogens is 1. The van der Waals surface area contributed by atoms with Crippen LogP contribution in [0.15, 0.2) is 29.3 Å². The number of methoxy groups -OCH3 is 2. The normalized spacial score (nSPS) is 13.7. The minimum Gasteiger partial charge on any atom is -0.495 e. The number of carbonyl (C=O) groups excluding carboxylic acids is 1. The van der Waals surface area contributed by atoms with E-state index in [1.54, 1.807) is 20.3 Å². The van der Waals surface area contributed by atoms with Crippen molar-refractivity contribution < 1.29 is 19.4 Å². The Morgan fingerprint density at radius 1 is 1.29 bits per heavy atom. The molecule has 3 rings (SSSR count). The number of ether oxygens (including phenoxy) is 2. The number of carbonyl (C=O) groups is 1. The van der Waals surface area contributed by atoms with Crippen LogP contribution < -0.4 is 4.74 Å². The summed E-state index contributed by atoms with van der Waals surface area (Å²) in [4.78, 5) is 21.4. The van der Waals surface area contributed by atoms with Gasteiger partial charge in [0.25, 0.3) is 0 Å². The lowest BCUT2D eigenvalue weighted by Gasteiger charge is -2.14. The molecule has 28 heavy (non-hydrogen) atoms. The van der Waals surface area contributed by atoms with Crippen LogP contribution in [0.3, 0.4) is 0 Å². The van der Waals surface area contributed by atoms with Gasteiger partial charge in [-0.25, -0.2) is 4.99 Å². The highest BCUT2D eigenvalue weighted by Crippen LogP contribution is 2.30. The number of aliphatic imine (C=N–C) groups is 1. The van der Waals surface area contributed by atoms with Gasteiger partial charge in [0.15, 0.2) is 0 Å². The van der Waals surface area contributed by atoms with Gasteiger partial charge in [0.2, 0.25) is 5.90 Å². The van der Waals surface area contributed by atoms with Crippen molar-refractivity contribution in [3.63, 3.8) is 0 Å². The van der Waals surface area contributed by atoms with Gasteiger partial charge < -0.3 is 14.6 Å². The smallest absolute Gasteiger partial charge is 0.218 e. The lowest BCUT2D eigenvalue weighted by molar-refractivity contribution is -0.118. The maximum absolute atomic E-state index is 12.6. The summed E-state index contributed by atoms with van der Waals surface area (Å²) >= 11 is 6.07. The molecule has 0 saturated carbocycles. The van der Waals surface area contributed by atoms with Gasteiger partial charge in [0.05, 0.1) is 43.7 Å². The third-order valence-electron chi connectivity index (χ3n) is 4.84. The number of aliphatic hydroxyl groups excluding tert-OH is 1. The number of aliphatic hydroxyl groups is 1. The molecule has 1 atom stereocenters. The zero-order chi connectivity index (χ0) is 20.3. The van der Waals surface area contributed by atoms with Crippen LogP contribution in [-0.4, -0.2) is 36.0 Å². The number of hydrogen-bond acceptors (Lipinski definition) is 6. The Morgan fingerprint density at radius 3 is 2.75 bits per heavy atom. The predicted octanol–water partition coefficient (Wildman–Crippen LogP) is 3.45. The molecule has 2 aromatic rings. The SMILES string of the molecule is COC1=NCc2cc(CC(=O)C[C@H](C)c3ccc(Cl)c(OC)c3)nc(CO)c21. The van der Waals surface area contributed by atoms with Crippen LogP contribution in [0.4, 0.5) is 0 Å². The third kappa shape index (κ3) is 4.18. The summed E-state index contributed by atoms with van der Waals surface area (Å²) in [6, 6.07) is 7.42. The standard InChI is InChI=1S/C21H23ClN2O4/c1-12(13-4-5-17(22)19(8-13)27-2)6-16(26)9-15-7-14-10-23-21(28-3)20(14)18(11-25)24-15/h4-5,7-8,12,25H,6,9-11H2,1-3H3/t12-/m0/s1. The Hall–Kier alpha value is -2.44. The molecule has 1 aliphatic rings. The number of nitrogens with zero attached hydrogens (tertiary/aromatic N) is 2. The van der Waals surface area contributed by atoms with Crippen molar-refractivity contribution in [3.8, 4) is 5.75 Å². The fourth-order valence-corrected chi connectivity index (χ4v) is 3.62. The second-order valence-electron chi connectivity index (χ2n) is 6.79. The number of rotatable bonds is 7. The minimum absolute atomic E-state index is 0.0221. The van der Waals surface area contributed by atoms with E-state index < -0.39 is 0 Å². The minimum atomic E-state index is -0.228. The van der Waals surface area contributed by atoms with Crippen molar-refractivity contribution in [2.45, 2.75) is 38.8 Å². The van der Waals surface area contributed by atoms with Crippen molar-refractivity contribution in [1.82, 2.24) is 4.98 Å². The molecule has 7 heteroatoms. The summed E-state index contributed by atoms with van der Waals surface area (Å²) in [6.45, 7) is 2.23. The average Bonchev–Trinajstić information content (AvgIpc) is 3.10. The highest BCUT2D eigenvalue weighted by atomic mass is 35.5. The molecule has 2 heterocycles. The molecule has 1 N–H and O–H groups in total. The Labute approximate surface area is 169 Å².